The molecule has 1 atom stereocenters. The molecule has 4 nitrogen and oxygen atoms in total. The summed E-state index contributed by atoms with van der Waals surface area (Å²) in [6.07, 6.45) is 6.43. The molecule has 4 heteroatoms. The number of hydrogen-bond donors (Lipinski definition) is 2. The van der Waals surface area contributed by atoms with Crippen LogP contribution in [0.25, 0.3) is 6.08 Å². The van der Waals surface area contributed by atoms with Gasteiger partial charge in [-0.1, -0.05) is 6.07 Å². The lowest BCUT2D eigenvalue weighted by Crippen LogP contribution is -2.33. The highest BCUT2D eigenvalue weighted by molar-refractivity contribution is 5.91. The van der Waals surface area contributed by atoms with Crippen LogP contribution in [0.5, 0.6) is 0 Å². The summed E-state index contributed by atoms with van der Waals surface area (Å²) < 4.78 is 0. The molecule has 0 bridgehead atoms. The second-order valence-electron chi connectivity index (χ2n) is 3.21. The Morgan fingerprint density at radius 3 is 3.13 bits per heavy atom. The van der Waals surface area contributed by atoms with Crippen molar-refractivity contribution in [2.75, 3.05) is 6.61 Å². The number of amides is 1. The minimum Gasteiger partial charge on any atom is -0.394 e. The van der Waals surface area contributed by atoms with Crippen molar-refractivity contribution < 1.29 is 9.90 Å². The maximum Gasteiger partial charge on any atom is 0.244 e. The van der Waals surface area contributed by atoms with E-state index in [9.17, 15) is 4.79 Å². The summed E-state index contributed by atoms with van der Waals surface area (Å²) in [5.41, 5.74) is 0.865. The van der Waals surface area contributed by atoms with Crippen LogP contribution in [0.3, 0.4) is 0 Å². The van der Waals surface area contributed by atoms with Gasteiger partial charge in [0.1, 0.15) is 0 Å². The first-order chi connectivity index (χ1) is 7.22. The molecule has 1 rings (SSSR count). The molecular weight excluding hydrogens is 192 g/mol. The molecule has 0 unspecified atom stereocenters. The lowest BCUT2D eigenvalue weighted by atomic mass is 10.2. The third-order valence-electron chi connectivity index (χ3n) is 1.77. The number of aliphatic hydroxyl groups is 1. The number of carbonyl (C=O) groups excluding carboxylic acids is 1. The van der Waals surface area contributed by atoms with E-state index >= 15 is 0 Å². The van der Waals surface area contributed by atoms with Gasteiger partial charge in [-0.25, -0.2) is 0 Å². The number of nitrogens with zero attached hydrogens (tertiary/aromatic N) is 1. The molecule has 0 saturated heterocycles. The third kappa shape index (κ3) is 4.37. The van der Waals surface area contributed by atoms with E-state index in [-0.39, 0.29) is 18.6 Å². The van der Waals surface area contributed by atoms with Crippen LogP contribution in [-0.4, -0.2) is 28.6 Å². The van der Waals surface area contributed by atoms with Crippen molar-refractivity contribution in [2.24, 2.45) is 0 Å². The van der Waals surface area contributed by atoms with Gasteiger partial charge >= 0.3 is 0 Å². The average molecular weight is 206 g/mol. The van der Waals surface area contributed by atoms with E-state index < -0.39 is 0 Å². The molecule has 80 valence electrons. The largest absolute Gasteiger partial charge is 0.394 e. The molecule has 0 aliphatic carbocycles. The fourth-order valence-corrected chi connectivity index (χ4v) is 0.983. The monoisotopic (exact) mass is 206 g/mol. The first-order valence-electron chi connectivity index (χ1n) is 4.72. The molecular formula is C11H14N2O2. The van der Waals surface area contributed by atoms with Crippen molar-refractivity contribution in [3.8, 4) is 0 Å². The SMILES string of the molecule is C[C@@H](CO)NC(=O)C=Cc1cccnc1. The fraction of sp³-hybridized carbons (Fsp3) is 0.273. The number of aliphatic hydroxyl groups excluding tert-OH is 1. The molecule has 15 heavy (non-hydrogen) atoms. The van der Waals surface area contributed by atoms with Gasteiger partial charge in [0, 0.05) is 24.5 Å². The standard InChI is InChI=1S/C11H14N2O2/c1-9(8-14)13-11(15)5-4-10-3-2-6-12-7-10/h2-7,9,14H,8H2,1H3,(H,13,15)/t9-/m0/s1. The Labute approximate surface area is 88.7 Å². The van der Waals surface area contributed by atoms with Crippen LogP contribution in [0.2, 0.25) is 0 Å². The van der Waals surface area contributed by atoms with Gasteiger partial charge in [0.25, 0.3) is 0 Å². The molecule has 0 aromatic carbocycles. The van der Waals surface area contributed by atoms with Crippen LogP contribution in [0, 0.1) is 0 Å². The zero-order valence-electron chi connectivity index (χ0n) is 8.55. The second kappa shape index (κ2) is 5.93. The maximum atomic E-state index is 11.3. The van der Waals surface area contributed by atoms with Gasteiger partial charge in [-0.15, -0.1) is 0 Å². The predicted octanol–water partition coefficient (Wildman–Crippen LogP) is 0.592. The number of aromatic nitrogens is 1. The van der Waals surface area contributed by atoms with Crippen LogP contribution in [0.4, 0.5) is 0 Å². The number of hydrogen-bond acceptors (Lipinski definition) is 3. The molecule has 0 aliphatic rings. The molecule has 0 spiro atoms. The van der Waals surface area contributed by atoms with E-state index in [1.165, 1.54) is 6.08 Å². The highest BCUT2D eigenvalue weighted by Crippen LogP contribution is 1.97. The maximum absolute atomic E-state index is 11.3. The summed E-state index contributed by atoms with van der Waals surface area (Å²) in [6, 6.07) is 3.43. The smallest absolute Gasteiger partial charge is 0.244 e. The molecule has 1 heterocycles. The molecule has 0 saturated carbocycles. The summed E-state index contributed by atoms with van der Waals surface area (Å²) >= 11 is 0. The van der Waals surface area contributed by atoms with E-state index in [0.29, 0.717) is 0 Å². The zero-order valence-corrected chi connectivity index (χ0v) is 8.55. The van der Waals surface area contributed by atoms with E-state index in [1.807, 2.05) is 6.07 Å². The van der Waals surface area contributed by atoms with E-state index in [4.69, 9.17) is 5.11 Å². The fourth-order valence-electron chi connectivity index (χ4n) is 0.983. The van der Waals surface area contributed by atoms with E-state index in [0.717, 1.165) is 5.56 Å². The molecule has 1 aromatic rings. The van der Waals surface area contributed by atoms with Gasteiger partial charge in [-0.3, -0.25) is 9.78 Å². The first-order valence-corrected chi connectivity index (χ1v) is 4.72. The van der Waals surface area contributed by atoms with Gasteiger partial charge in [0.15, 0.2) is 0 Å². The van der Waals surface area contributed by atoms with E-state index in [1.54, 1.807) is 31.5 Å². The van der Waals surface area contributed by atoms with Crippen LogP contribution in [0.1, 0.15) is 12.5 Å². The Morgan fingerprint density at radius 2 is 2.53 bits per heavy atom. The third-order valence-corrected chi connectivity index (χ3v) is 1.77. The predicted molar refractivity (Wildman–Crippen MR) is 58.0 cm³/mol. The van der Waals surface area contributed by atoms with E-state index in [2.05, 4.69) is 10.3 Å². The lowest BCUT2D eigenvalue weighted by Gasteiger charge is -2.07. The Kier molecular flexibility index (Phi) is 4.50. The van der Waals surface area contributed by atoms with Crippen molar-refractivity contribution in [1.29, 1.82) is 0 Å². The zero-order chi connectivity index (χ0) is 11.1. The average Bonchev–Trinajstić information content (AvgIpc) is 2.27. The number of carbonyl (C=O) groups is 1. The molecule has 0 fully saturated rings. The van der Waals surface area contributed by atoms with Crippen molar-refractivity contribution >= 4 is 12.0 Å². The van der Waals surface area contributed by atoms with Crippen molar-refractivity contribution in [1.82, 2.24) is 10.3 Å². The Hall–Kier alpha value is -1.68. The van der Waals surface area contributed by atoms with Crippen LogP contribution >= 0.6 is 0 Å². The summed E-state index contributed by atoms with van der Waals surface area (Å²) in [7, 11) is 0. The molecule has 1 amide bonds. The van der Waals surface area contributed by atoms with Gasteiger partial charge in [0.2, 0.25) is 5.91 Å². The Morgan fingerprint density at radius 1 is 1.73 bits per heavy atom. The summed E-state index contributed by atoms with van der Waals surface area (Å²) in [4.78, 5) is 15.2. The first kappa shape index (κ1) is 11.4. The molecule has 1 aromatic heterocycles. The Bertz CT molecular complexity index is 336. The number of rotatable bonds is 4. The minimum absolute atomic E-state index is 0.0630. The quantitative estimate of drug-likeness (QED) is 0.709. The number of pyridine rings is 1. The van der Waals surface area contributed by atoms with Crippen LogP contribution < -0.4 is 5.32 Å². The summed E-state index contributed by atoms with van der Waals surface area (Å²) in [5, 5.41) is 11.3. The Balaban J connectivity index is 2.48. The number of nitrogens with one attached hydrogen (secondary N) is 1. The van der Waals surface area contributed by atoms with Crippen LogP contribution in [0.15, 0.2) is 30.6 Å². The van der Waals surface area contributed by atoms with Gasteiger partial charge in [-0.05, 0) is 24.6 Å². The summed E-state index contributed by atoms with van der Waals surface area (Å²) in [5.74, 6) is -0.222. The van der Waals surface area contributed by atoms with Crippen LogP contribution in [-0.2, 0) is 4.79 Å². The normalized spacial score (nSPS) is 12.7. The van der Waals surface area contributed by atoms with Crippen molar-refractivity contribution in [2.45, 2.75) is 13.0 Å². The van der Waals surface area contributed by atoms with Gasteiger partial charge < -0.3 is 10.4 Å². The van der Waals surface area contributed by atoms with Crippen molar-refractivity contribution in [3.63, 3.8) is 0 Å². The summed E-state index contributed by atoms with van der Waals surface area (Å²) in [6.45, 7) is 1.67. The topological polar surface area (TPSA) is 62.2 Å². The lowest BCUT2D eigenvalue weighted by molar-refractivity contribution is -0.117. The second-order valence-corrected chi connectivity index (χ2v) is 3.21. The highest BCUT2D eigenvalue weighted by Gasteiger charge is 2.01. The molecule has 0 radical (unpaired) electrons. The highest BCUT2D eigenvalue weighted by atomic mass is 16.3. The van der Waals surface area contributed by atoms with Gasteiger partial charge in [-0.2, -0.15) is 0 Å². The van der Waals surface area contributed by atoms with Gasteiger partial charge in [0.05, 0.1) is 6.61 Å². The van der Waals surface area contributed by atoms with Crippen molar-refractivity contribution in [3.05, 3.63) is 36.2 Å². The molecule has 0 aliphatic heterocycles. The molecule has 2 N–H and O–H groups in total. The minimum atomic E-state index is -0.226.